The van der Waals surface area contributed by atoms with Crippen molar-refractivity contribution in [3.63, 3.8) is 0 Å². The number of carbonyl (C=O) groups excluding carboxylic acids is 2. The van der Waals surface area contributed by atoms with Crippen molar-refractivity contribution in [3.05, 3.63) is 58.1 Å². The molecule has 0 fully saturated rings. The molecule has 2 aromatic heterocycles. The second-order valence-corrected chi connectivity index (χ2v) is 6.87. The number of nitrogens with one attached hydrogen (secondary N) is 1. The highest BCUT2D eigenvalue weighted by Crippen LogP contribution is 2.29. The van der Waals surface area contributed by atoms with Gasteiger partial charge < -0.3 is 5.73 Å². The second kappa shape index (κ2) is 6.34. The lowest BCUT2D eigenvalue weighted by atomic mass is 10.2. The summed E-state index contributed by atoms with van der Waals surface area (Å²) in [7, 11) is 0. The maximum atomic E-state index is 14.2. The molecule has 3 N–H and O–H groups in total. The lowest BCUT2D eigenvalue weighted by Crippen LogP contribution is -2.15. The Bertz CT molecular complexity index is 1030. The number of para-hydroxylation sites is 1. The topological polar surface area (TPSA) is 103 Å². The number of nitrogens with two attached hydrogens (primary N) is 1. The first-order valence-electron chi connectivity index (χ1n) is 7.97. The van der Waals surface area contributed by atoms with Crippen LogP contribution in [0.15, 0.2) is 30.5 Å². The van der Waals surface area contributed by atoms with Gasteiger partial charge in [0.1, 0.15) is 16.4 Å². The van der Waals surface area contributed by atoms with Crippen molar-refractivity contribution in [3.8, 4) is 5.69 Å². The first kappa shape index (κ1) is 16.4. The maximum absolute atomic E-state index is 14.2. The van der Waals surface area contributed by atoms with Crippen LogP contribution in [0.1, 0.15) is 37.8 Å². The molecule has 0 spiro atoms. The third-order valence-corrected chi connectivity index (χ3v) is 5.12. The fraction of sp³-hybridized carbons (Fsp3) is 0.176. The molecule has 0 saturated carbocycles. The number of amides is 2. The van der Waals surface area contributed by atoms with E-state index in [1.807, 2.05) is 0 Å². The summed E-state index contributed by atoms with van der Waals surface area (Å²) in [4.78, 5) is 28.0. The number of rotatable bonds is 4. The average molecular weight is 371 g/mol. The molecule has 4 rings (SSSR count). The number of hydrogen-bond acceptors (Lipinski definition) is 5. The van der Waals surface area contributed by atoms with Crippen LogP contribution in [0.5, 0.6) is 0 Å². The normalized spacial score (nSPS) is 12.8. The SMILES string of the molecule is NC(=O)c1cnc(NC(=O)c2nn(-c3ccccc3F)c3c2CCC3)s1. The molecule has 0 radical (unpaired) electrons. The van der Waals surface area contributed by atoms with Gasteiger partial charge in [0.25, 0.3) is 11.8 Å². The van der Waals surface area contributed by atoms with Gasteiger partial charge in [-0.15, -0.1) is 0 Å². The van der Waals surface area contributed by atoms with Gasteiger partial charge in [0.15, 0.2) is 10.8 Å². The number of aromatic nitrogens is 3. The number of primary amides is 1. The van der Waals surface area contributed by atoms with Crippen LogP contribution in [-0.2, 0) is 12.8 Å². The van der Waals surface area contributed by atoms with Crippen molar-refractivity contribution < 1.29 is 14.0 Å². The Hall–Kier alpha value is -3.07. The van der Waals surface area contributed by atoms with E-state index in [0.717, 1.165) is 35.4 Å². The number of fused-ring (bicyclic) bond motifs is 1. The molecule has 7 nitrogen and oxygen atoms in total. The molecule has 1 aliphatic carbocycles. The Morgan fingerprint density at radius 1 is 1.27 bits per heavy atom. The summed E-state index contributed by atoms with van der Waals surface area (Å²) in [5.41, 5.74) is 7.42. The van der Waals surface area contributed by atoms with Gasteiger partial charge in [-0.3, -0.25) is 14.9 Å². The number of thiazole rings is 1. The van der Waals surface area contributed by atoms with Gasteiger partial charge in [-0.05, 0) is 31.4 Å². The lowest BCUT2D eigenvalue weighted by molar-refractivity contribution is 0.0999. The number of carbonyl (C=O) groups is 2. The molecule has 0 bridgehead atoms. The van der Waals surface area contributed by atoms with Gasteiger partial charge in [0.05, 0.1) is 6.20 Å². The fourth-order valence-corrected chi connectivity index (χ4v) is 3.71. The van der Waals surface area contributed by atoms with Crippen LogP contribution in [0.3, 0.4) is 0 Å². The third kappa shape index (κ3) is 2.76. The molecule has 1 aliphatic rings. The number of halogens is 1. The van der Waals surface area contributed by atoms with Crippen LogP contribution < -0.4 is 11.1 Å². The average Bonchev–Trinajstić information content (AvgIpc) is 3.31. The lowest BCUT2D eigenvalue weighted by Gasteiger charge is -2.06. The molecule has 1 aromatic carbocycles. The zero-order valence-corrected chi connectivity index (χ0v) is 14.3. The predicted octanol–water partition coefficient (Wildman–Crippen LogP) is 2.31. The van der Waals surface area contributed by atoms with Crippen molar-refractivity contribution in [2.75, 3.05) is 5.32 Å². The maximum Gasteiger partial charge on any atom is 0.278 e. The molecule has 26 heavy (non-hydrogen) atoms. The highest BCUT2D eigenvalue weighted by Gasteiger charge is 2.28. The van der Waals surface area contributed by atoms with Crippen molar-refractivity contribution in [2.45, 2.75) is 19.3 Å². The minimum atomic E-state index is -0.604. The molecular formula is C17H14FN5O2S. The van der Waals surface area contributed by atoms with E-state index in [1.165, 1.54) is 16.9 Å². The molecule has 0 saturated heterocycles. The van der Waals surface area contributed by atoms with Gasteiger partial charge >= 0.3 is 0 Å². The largest absolute Gasteiger partial charge is 0.365 e. The van der Waals surface area contributed by atoms with E-state index in [0.29, 0.717) is 12.1 Å². The number of anilines is 1. The molecule has 132 valence electrons. The summed E-state index contributed by atoms with van der Waals surface area (Å²) in [6.07, 6.45) is 3.62. The van der Waals surface area contributed by atoms with Gasteiger partial charge in [0, 0.05) is 11.3 Å². The standard InChI is InChI=1S/C17H14FN5O2S/c18-10-5-1-2-6-12(10)23-11-7-3-4-9(11)14(22-23)16(25)21-17-20-8-13(26-17)15(19)24/h1-2,5-6,8H,3-4,7H2,(H2,19,24)(H,20,21,25). The highest BCUT2D eigenvalue weighted by atomic mass is 32.1. The van der Waals surface area contributed by atoms with E-state index in [2.05, 4.69) is 15.4 Å². The van der Waals surface area contributed by atoms with Crippen molar-refractivity contribution >= 4 is 28.3 Å². The number of benzene rings is 1. The first-order chi connectivity index (χ1) is 12.5. The van der Waals surface area contributed by atoms with E-state index < -0.39 is 17.6 Å². The summed E-state index contributed by atoms with van der Waals surface area (Å²) in [6, 6.07) is 6.32. The summed E-state index contributed by atoms with van der Waals surface area (Å²) >= 11 is 0.991. The first-order valence-corrected chi connectivity index (χ1v) is 8.79. The Morgan fingerprint density at radius 2 is 2.08 bits per heavy atom. The fourth-order valence-electron chi connectivity index (χ4n) is 3.04. The van der Waals surface area contributed by atoms with Gasteiger partial charge in [-0.2, -0.15) is 5.10 Å². The van der Waals surface area contributed by atoms with Gasteiger partial charge in [0.2, 0.25) is 0 Å². The van der Waals surface area contributed by atoms with E-state index in [4.69, 9.17) is 5.73 Å². The number of nitrogens with zero attached hydrogens (tertiary/aromatic N) is 3. The van der Waals surface area contributed by atoms with Gasteiger partial charge in [-0.1, -0.05) is 23.5 Å². The van der Waals surface area contributed by atoms with Gasteiger partial charge in [-0.25, -0.2) is 14.1 Å². The van der Waals surface area contributed by atoms with E-state index >= 15 is 0 Å². The van der Waals surface area contributed by atoms with Crippen LogP contribution >= 0.6 is 11.3 Å². The Labute approximate surface area is 151 Å². The summed E-state index contributed by atoms with van der Waals surface area (Å²) < 4.78 is 15.7. The Morgan fingerprint density at radius 3 is 2.81 bits per heavy atom. The summed E-state index contributed by atoms with van der Waals surface area (Å²) in [6.45, 7) is 0. The predicted molar refractivity (Wildman–Crippen MR) is 94.1 cm³/mol. The van der Waals surface area contributed by atoms with Crippen molar-refractivity contribution in [1.29, 1.82) is 0 Å². The monoisotopic (exact) mass is 371 g/mol. The summed E-state index contributed by atoms with van der Waals surface area (Å²) in [5, 5.41) is 7.24. The molecule has 0 aliphatic heterocycles. The summed E-state index contributed by atoms with van der Waals surface area (Å²) in [5.74, 6) is -1.45. The van der Waals surface area contributed by atoms with Crippen LogP contribution in [0, 0.1) is 5.82 Å². The molecule has 2 heterocycles. The minimum Gasteiger partial charge on any atom is -0.365 e. The Kier molecular flexibility index (Phi) is 4.00. The van der Waals surface area contributed by atoms with Crippen LogP contribution in [0.2, 0.25) is 0 Å². The molecule has 0 unspecified atom stereocenters. The Balaban J connectivity index is 1.69. The number of hydrogen-bond donors (Lipinski definition) is 2. The molecule has 3 aromatic rings. The molecule has 9 heteroatoms. The zero-order chi connectivity index (χ0) is 18.3. The smallest absolute Gasteiger partial charge is 0.278 e. The van der Waals surface area contributed by atoms with Crippen molar-refractivity contribution in [1.82, 2.24) is 14.8 Å². The van der Waals surface area contributed by atoms with Crippen LogP contribution in [0.4, 0.5) is 9.52 Å². The van der Waals surface area contributed by atoms with Crippen LogP contribution in [-0.4, -0.2) is 26.6 Å². The van der Waals surface area contributed by atoms with Crippen molar-refractivity contribution in [2.24, 2.45) is 5.73 Å². The van der Waals surface area contributed by atoms with E-state index in [9.17, 15) is 14.0 Å². The molecule has 2 amide bonds. The molecular weight excluding hydrogens is 357 g/mol. The third-order valence-electron chi connectivity index (χ3n) is 4.19. The quantitative estimate of drug-likeness (QED) is 0.734. The zero-order valence-electron chi connectivity index (χ0n) is 13.5. The minimum absolute atomic E-state index is 0.247. The second-order valence-electron chi connectivity index (χ2n) is 5.84. The van der Waals surface area contributed by atoms with Crippen LogP contribution in [0.25, 0.3) is 5.69 Å². The molecule has 0 atom stereocenters. The highest BCUT2D eigenvalue weighted by molar-refractivity contribution is 7.17. The van der Waals surface area contributed by atoms with E-state index in [-0.39, 0.29) is 15.7 Å². The van der Waals surface area contributed by atoms with E-state index in [1.54, 1.807) is 18.2 Å².